The fourth-order valence-electron chi connectivity index (χ4n) is 2.51. The third kappa shape index (κ3) is 12.2. The summed E-state index contributed by atoms with van der Waals surface area (Å²) in [6.45, 7) is 6.89. The summed E-state index contributed by atoms with van der Waals surface area (Å²) in [7, 11) is 0. The Morgan fingerprint density at radius 2 is 1.33 bits per heavy atom. The number of rotatable bonds is 13. The van der Waals surface area contributed by atoms with Crippen LogP contribution in [0.5, 0.6) is 0 Å². The van der Waals surface area contributed by atoms with Crippen molar-refractivity contribution >= 4 is 0 Å². The first kappa shape index (κ1) is 17.7. The number of hydrogen-bond acceptors (Lipinski definition) is 0. The van der Waals surface area contributed by atoms with Crippen LogP contribution in [-0.2, 0) is 0 Å². The Morgan fingerprint density at radius 1 is 0.667 bits per heavy atom. The molecule has 18 heavy (non-hydrogen) atoms. The molecule has 0 saturated heterocycles. The minimum Gasteiger partial charge on any atom is -0.0883 e. The second-order valence-electron chi connectivity index (χ2n) is 5.68. The van der Waals surface area contributed by atoms with E-state index in [0.717, 1.165) is 5.92 Å². The molecule has 0 radical (unpaired) electrons. The normalized spacial score (nSPS) is 13.3. The van der Waals surface area contributed by atoms with E-state index in [-0.39, 0.29) is 0 Å². The molecule has 0 spiro atoms. The van der Waals surface area contributed by atoms with Gasteiger partial charge in [0.15, 0.2) is 0 Å². The Kier molecular flexibility index (Phi) is 14.6. The molecule has 0 aliphatic rings. The summed E-state index contributed by atoms with van der Waals surface area (Å²) in [5, 5.41) is 0. The van der Waals surface area contributed by atoms with Crippen molar-refractivity contribution in [3.05, 3.63) is 12.2 Å². The molecule has 0 aliphatic heterocycles. The maximum Gasteiger partial charge on any atom is -0.0234 e. The van der Waals surface area contributed by atoms with Gasteiger partial charge in [0.05, 0.1) is 0 Å². The Balaban J connectivity index is 3.50. The zero-order valence-corrected chi connectivity index (χ0v) is 13.2. The largest absolute Gasteiger partial charge is 0.0883 e. The standard InChI is InChI=1S/C18H36/c1-4-7-9-10-11-12-13-14-17-18(15-6-3)16-8-5-2/h14,17-18H,4-13,15-16H2,1-3H3/b17-14+. The maximum absolute atomic E-state index is 2.51. The predicted molar refractivity (Wildman–Crippen MR) is 85.1 cm³/mol. The molecule has 0 nitrogen and oxygen atoms in total. The van der Waals surface area contributed by atoms with E-state index < -0.39 is 0 Å². The molecular weight excluding hydrogens is 216 g/mol. The molecule has 0 amide bonds. The summed E-state index contributed by atoms with van der Waals surface area (Å²) in [6.07, 6.45) is 21.6. The number of hydrogen-bond donors (Lipinski definition) is 0. The number of unbranched alkanes of at least 4 members (excludes halogenated alkanes) is 7. The molecule has 0 rings (SSSR count). The fourth-order valence-corrected chi connectivity index (χ4v) is 2.51. The van der Waals surface area contributed by atoms with Gasteiger partial charge in [-0.25, -0.2) is 0 Å². The SMILES string of the molecule is CCCCCCCC/C=C/C(CCC)CCCC. The first-order valence-electron chi connectivity index (χ1n) is 8.51. The van der Waals surface area contributed by atoms with E-state index in [0.29, 0.717) is 0 Å². The predicted octanol–water partition coefficient (Wildman–Crippen LogP) is 6.90. The van der Waals surface area contributed by atoms with Gasteiger partial charge in [-0.3, -0.25) is 0 Å². The molecule has 108 valence electrons. The first-order chi connectivity index (χ1) is 8.85. The van der Waals surface area contributed by atoms with E-state index in [9.17, 15) is 0 Å². The molecule has 0 bridgehead atoms. The van der Waals surface area contributed by atoms with E-state index in [1.165, 1.54) is 77.0 Å². The molecule has 0 aromatic heterocycles. The lowest BCUT2D eigenvalue weighted by Crippen LogP contribution is -1.95. The Morgan fingerprint density at radius 3 is 2.00 bits per heavy atom. The molecular formula is C18H36. The van der Waals surface area contributed by atoms with Crippen LogP contribution in [0, 0.1) is 5.92 Å². The lowest BCUT2D eigenvalue weighted by Gasteiger charge is -2.10. The van der Waals surface area contributed by atoms with Crippen molar-refractivity contribution in [2.24, 2.45) is 5.92 Å². The van der Waals surface area contributed by atoms with Gasteiger partial charge in [-0.05, 0) is 31.6 Å². The highest BCUT2D eigenvalue weighted by Gasteiger charge is 2.01. The molecule has 0 aromatic carbocycles. The minimum absolute atomic E-state index is 0.857. The van der Waals surface area contributed by atoms with Crippen molar-refractivity contribution in [1.82, 2.24) is 0 Å². The van der Waals surface area contributed by atoms with Gasteiger partial charge in [0.25, 0.3) is 0 Å². The van der Waals surface area contributed by atoms with Crippen molar-refractivity contribution in [2.75, 3.05) is 0 Å². The lowest BCUT2D eigenvalue weighted by atomic mass is 9.96. The van der Waals surface area contributed by atoms with Crippen LogP contribution >= 0.6 is 0 Å². The monoisotopic (exact) mass is 252 g/mol. The fraction of sp³-hybridized carbons (Fsp3) is 0.889. The molecule has 0 fully saturated rings. The smallest absolute Gasteiger partial charge is 0.0234 e. The average molecular weight is 252 g/mol. The van der Waals surface area contributed by atoms with E-state index in [1.54, 1.807) is 0 Å². The molecule has 0 heteroatoms. The van der Waals surface area contributed by atoms with E-state index >= 15 is 0 Å². The number of allylic oxidation sites excluding steroid dienone is 2. The minimum atomic E-state index is 0.857. The highest BCUT2D eigenvalue weighted by atomic mass is 14.1. The van der Waals surface area contributed by atoms with Gasteiger partial charge in [0.1, 0.15) is 0 Å². The highest BCUT2D eigenvalue weighted by Crippen LogP contribution is 2.17. The summed E-state index contributed by atoms with van der Waals surface area (Å²) >= 11 is 0. The maximum atomic E-state index is 2.51. The molecule has 0 heterocycles. The lowest BCUT2D eigenvalue weighted by molar-refractivity contribution is 0.510. The zero-order valence-electron chi connectivity index (χ0n) is 13.2. The van der Waals surface area contributed by atoms with E-state index in [4.69, 9.17) is 0 Å². The van der Waals surface area contributed by atoms with Crippen LogP contribution < -0.4 is 0 Å². The average Bonchev–Trinajstić information content (AvgIpc) is 2.39. The molecule has 0 aromatic rings. The molecule has 1 atom stereocenters. The van der Waals surface area contributed by atoms with Gasteiger partial charge in [0, 0.05) is 0 Å². The van der Waals surface area contributed by atoms with Crippen molar-refractivity contribution in [3.8, 4) is 0 Å². The van der Waals surface area contributed by atoms with Gasteiger partial charge in [-0.1, -0.05) is 84.3 Å². The Hall–Kier alpha value is -0.260. The molecule has 0 aliphatic carbocycles. The van der Waals surface area contributed by atoms with E-state index in [2.05, 4.69) is 32.9 Å². The summed E-state index contributed by atoms with van der Waals surface area (Å²) in [5.74, 6) is 0.857. The van der Waals surface area contributed by atoms with Crippen LogP contribution in [0.25, 0.3) is 0 Å². The van der Waals surface area contributed by atoms with E-state index in [1.807, 2.05) is 0 Å². The zero-order chi connectivity index (χ0) is 13.5. The summed E-state index contributed by atoms with van der Waals surface area (Å²) in [4.78, 5) is 0. The highest BCUT2D eigenvalue weighted by molar-refractivity contribution is 4.88. The second-order valence-corrected chi connectivity index (χ2v) is 5.68. The van der Waals surface area contributed by atoms with Gasteiger partial charge in [0.2, 0.25) is 0 Å². The Bertz CT molecular complexity index is 169. The van der Waals surface area contributed by atoms with Gasteiger partial charge in [-0.15, -0.1) is 0 Å². The van der Waals surface area contributed by atoms with Crippen molar-refractivity contribution in [3.63, 3.8) is 0 Å². The quantitative estimate of drug-likeness (QED) is 0.247. The van der Waals surface area contributed by atoms with Crippen LogP contribution in [0.2, 0.25) is 0 Å². The molecule has 0 saturated carbocycles. The summed E-state index contributed by atoms with van der Waals surface area (Å²) in [5.41, 5.74) is 0. The third-order valence-corrected chi connectivity index (χ3v) is 3.72. The molecule has 1 unspecified atom stereocenters. The molecule has 0 N–H and O–H groups in total. The van der Waals surface area contributed by atoms with Crippen LogP contribution in [-0.4, -0.2) is 0 Å². The van der Waals surface area contributed by atoms with Gasteiger partial charge < -0.3 is 0 Å². The van der Waals surface area contributed by atoms with Crippen LogP contribution in [0.4, 0.5) is 0 Å². The summed E-state index contributed by atoms with van der Waals surface area (Å²) < 4.78 is 0. The van der Waals surface area contributed by atoms with Crippen LogP contribution in [0.15, 0.2) is 12.2 Å². The van der Waals surface area contributed by atoms with Crippen LogP contribution in [0.1, 0.15) is 97.8 Å². The van der Waals surface area contributed by atoms with Crippen molar-refractivity contribution < 1.29 is 0 Å². The van der Waals surface area contributed by atoms with Crippen molar-refractivity contribution in [2.45, 2.75) is 97.8 Å². The Labute approximate surface area is 116 Å². The van der Waals surface area contributed by atoms with Gasteiger partial charge in [-0.2, -0.15) is 0 Å². The van der Waals surface area contributed by atoms with Crippen molar-refractivity contribution in [1.29, 1.82) is 0 Å². The first-order valence-corrected chi connectivity index (χ1v) is 8.51. The third-order valence-electron chi connectivity index (χ3n) is 3.72. The topological polar surface area (TPSA) is 0 Å². The van der Waals surface area contributed by atoms with Crippen LogP contribution in [0.3, 0.4) is 0 Å². The summed E-state index contributed by atoms with van der Waals surface area (Å²) in [6, 6.07) is 0. The second kappa shape index (κ2) is 14.8. The van der Waals surface area contributed by atoms with Gasteiger partial charge >= 0.3 is 0 Å².